The first-order valence-electron chi connectivity index (χ1n) is 5.79. The summed E-state index contributed by atoms with van der Waals surface area (Å²) in [6.45, 7) is 0. The van der Waals surface area contributed by atoms with E-state index in [1.807, 2.05) is 0 Å². The minimum atomic E-state index is -0.317. The third kappa shape index (κ3) is 2.38. The third-order valence-corrected chi connectivity index (χ3v) is 2.83. The van der Waals surface area contributed by atoms with Gasteiger partial charge in [-0.05, 0) is 48.5 Å². The van der Waals surface area contributed by atoms with Gasteiger partial charge in [0.2, 0.25) is 0 Å². The smallest absolute Gasteiger partial charge is 0.124 e. The largest absolute Gasteiger partial charge is 0.355 e. The molecule has 0 amide bonds. The Morgan fingerprint density at radius 3 is 2.37 bits per heavy atom. The minimum Gasteiger partial charge on any atom is -0.355 e. The molecule has 0 aliphatic heterocycles. The van der Waals surface area contributed by atoms with Gasteiger partial charge in [0.15, 0.2) is 0 Å². The van der Waals surface area contributed by atoms with E-state index >= 15 is 0 Å². The van der Waals surface area contributed by atoms with Crippen LogP contribution in [-0.4, -0.2) is 4.98 Å². The molecule has 0 fully saturated rings. The van der Waals surface area contributed by atoms with Gasteiger partial charge in [0.25, 0.3) is 0 Å². The summed E-state index contributed by atoms with van der Waals surface area (Å²) >= 11 is 0. The Labute approximate surface area is 108 Å². The first kappa shape index (κ1) is 11.6. The highest BCUT2D eigenvalue weighted by Crippen LogP contribution is 2.25. The second-order valence-corrected chi connectivity index (χ2v) is 4.15. The number of hydrogen-bond acceptors (Lipinski definition) is 2. The fraction of sp³-hybridized carbons (Fsp3) is 0. The number of aromatic nitrogens is 1. The van der Waals surface area contributed by atoms with Crippen molar-refractivity contribution in [1.82, 2.24) is 4.98 Å². The van der Waals surface area contributed by atoms with Crippen molar-refractivity contribution in [2.24, 2.45) is 0 Å². The second-order valence-electron chi connectivity index (χ2n) is 4.15. The quantitative estimate of drug-likeness (QED) is 0.741. The Hall–Kier alpha value is -2.49. The van der Waals surface area contributed by atoms with Crippen LogP contribution in [0.1, 0.15) is 0 Å². The zero-order chi connectivity index (χ0) is 13.2. The molecule has 0 aliphatic rings. The maximum Gasteiger partial charge on any atom is 0.124 e. The van der Waals surface area contributed by atoms with Crippen molar-refractivity contribution >= 4 is 22.3 Å². The number of anilines is 2. The predicted molar refractivity (Wildman–Crippen MR) is 71.4 cm³/mol. The highest BCUT2D eigenvalue weighted by Gasteiger charge is 2.04. The van der Waals surface area contributed by atoms with Gasteiger partial charge in [-0.25, -0.2) is 8.78 Å². The lowest BCUT2D eigenvalue weighted by Gasteiger charge is -2.09. The molecule has 1 heterocycles. The summed E-state index contributed by atoms with van der Waals surface area (Å²) in [5.74, 6) is -0.612. The Morgan fingerprint density at radius 1 is 0.842 bits per heavy atom. The molecule has 0 bridgehead atoms. The molecule has 0 radical (unpaired) electrons. The van der Waals surface area contributed by atoms with Crippen molar-refractivity contribution in [3.8, 4) is 0 Å². The lowest BCUT2D eigenvalue weighted by Crippen LogP contribution is -1.93. The number of pyridine rings is 1. The van der Waals surface area contributed by atoms with Gasteiger partial charge in [-0.3, -0.25) is 4.98 Å². The molecule has 3 aromatic rings. The Morgan fingerprint density at radius 2 is 1.58 bits per heavy atom. The molecule has 2 aromatic carbocycles. The maximum absolute atomic E-state index is 13.3. The van der Waals surface area contributed by atoms with E-state index in [0.29, 0.717) is 10.9 Å². The fourth-order valence-corrected chi connectivity index (χ4v) is 1.92. The van der Waals surface area contributed by atoms with Crippen LogP contribution in [0.25, 0.3) is 10.9 Å². The van der Waals surface area contributed by atoms with Gasteiger partial charge in [0.1, 0.15) is 11.6 Å². The summed E-state index contributed by atoms with van der Waals surface area (Å²) in [4.78, 5) is 4.17. The van der Waals surface area contributed by atoms with Crippen molar-refractivity contribution in [3.63, 3.8) is 0 Å². The molecule has 0 atom stereocenters. The number of nitrogens with one attached hydrogen (secondary N) is 1. The van der Waals surface area contributed by atoms with Crippen LogP contribution in [0.5, 0.6) is 0 Å². The summed E-state index contributed by atoms with van der Waals surface area (Å²) < 4.78 is 26.1. The standard InChI is InChI=1S/C15H10F2N2/c16-10-1-4-12(5-2-10)19-15-7-8-18-14-6-3-11(17)9-13(14)15/h1-9H,(H,18,19). The van der Waals surface area contributed by atoms with Gasteiger partial charge in [-0.1, -0.05) is 0 Å². The average molecular weight is 256 g/mol. The van der Waals surface area contributed by atoms with Gasteiger partial charge >= 0.3 is 0 Å². The van der Waals surface area contributed by atoms with Gasteiger partial charge in [0, 0.05) is 23.0 Å². The molecule has 94 valence electrons. The first-order chi connectivity index (χ1) is 9.22. The molecule has 1 aromatic heterocycles. The van der Waals surface area contributed by atoms with Crippen molar-refractivity contribution in [2.45, 2.75) is 0 Å². The number of benzene rings is 2. The van der Waals surface area contributed by atoms with E-state index < -0.39 is 0 Å². The minimum absolute atomic E-state index is 0.295. The Balaban J connectivity index is 2.05. The van der Waals surface area contributed by atoms with Crippen LogP contribution in [0, 0.1) is 11.6 Å². The topological polar surface area (TPSA) is 24.9 Å². The van der Waals surface area contributed by atoms with Crippen LogP contribution in [0.2, 0.25) is 0 Å². The summed E-state index contributed by atoms with van der Waals surface area (Å²) in [5, 5.41) is 3.81. The number of hydrogen-bond donors (Lipinski definition) is 1. The molecule has 4 heteroatoms. The second kappa shape index (κ2) is 4.65. The first-order valence-corrected chi connectivity index (χ1v) is 5.79. The number of nitrogens with zero attached hydrogens (tertiary/aromatic N) is 1. The van der Waals surface area contributed by atoms with E-state index in [0.717, 1.165) is 11.4 Å². The molecule has 0 spiro atoms. The predicted octanol–water partition coefficient (Wildman–Crippen LogP) is 4.26. The molecular formula is C15H10F2N2. The fourth-order valence-electron chi connectivity index (χ4n) is 1.92. The van der Waals surface area contributed by atoms with E-state index in [1.54, 1.807) is 30.5 Å². The SMILES string of the molecule is Fc1ccc(Nc2ccnc3ccc(F)cc23)cc1. The molecule has 3 rings (SSSR count). The molecule has 1 N–H and O–H groups in total. The summed E-state index contributed by atoms with van der Waals surface area (Å²) in [6, 6.07) is 12.2. The molecular weight excluding hydrogens is 246 g/mol. The van der Waals surface area contributed by atoms with Crippen molar-refractivity contribution in [2.75, 3.05) is 5.32 Å². The molecule has 0 unspecified atom stereocenters. The lowest BCUT2D eigenvalue weighted by atomic mass is 10.1. The average Bonchev–Trinajstić information content (AvgIpc) is 2.42. The van der Waals surface area contributed by atoms with E-state index in [4.69, 9.17) is 0 Å². The number of halogens is 2. The normalized spacial score (nSPS) is 10.6. The van der Waals surface area contributed by atoms with Crippen molar-refractivity contribution in [1.29, 1.82) is 0 Å². The number of rotatable bonds is 2. The molecule has 0 saturated heterocycles. The third-order valence-electron chi connectivity index (χ3n) is 2.83. The van der Waals surface area contributed by atoms with E-state index in [9.17, 15) is 8.78 Å². The van der Waals surface area contributed by atoms with Crippen LogP contribution in [0.15, 0.2) is 54.7 Å². The molecule has 19 heavy (non-hydrogen) atoms. The maximum atomic E-state index is 13.3. The molecule has 0 saturated carbocycles. The lowest BCUT2D eigenvalue weighted by molar-refractivity contribution is 0.628. The van der Waals surface area contributed by atoms with Crippen LogP contribution in [0.3, 0.4) is 0 Å². The van der Waals surface area contributed by atoms with E-state index in [1.165, 1.54) is 24.3 Å². The summed E-state index contributed by atoms with van der Waals surface area (Å²) in [7, 11) is 0. The van der Waals surface area contributed by atoms with Crippen LogP contribution >= 0.6 is 0 Å². The van der Waals surface area contributed by atoms with Gasteiger partial charge in [0.05, 0.1) is 5.52 Å². The van der Waals surface area contributed by atoms with Gasteiger partial charge < -0.3 is 5.32 Å². The zero-order valence-electron chi connectivity index (χ0n) is 9.90. The number of fused-ring (bicyclic) bond motifs is 1. The Bertz CT molecular complexity index is 724. The van der Waals surface area contributed by atoms with E-state index in [2.05, 4.69) is 10.3 Å². The summed E-state index contributed by atoms with van der Waals surface area (Å²) in [6.07, 6.45) is 1.64. The molecule has 2 nitrogen and oxygen atoms in total. The highest BCUT2D eigenvalue weighted by atomic mass is 19.1. The van der Waals surface area contributed by atoms with Gasteiger partial charge in [-0.15, -0.1) is 0 Å². The zero-order valence-corrected chi connectivity index (χ0v) is 9.90. The van der Waals surface area contributed by atoms with Crippen LogP contribution < -0.4 is 5.32 Å². The van der Waals surface area contributed by atoms with Crippen molar-refractivity contribution < 1.29 is 8.78 Å². The van der Waals surface area contributed by atoms with Crippen LogP contribution in [-0.2, 0) is 0 Å². The van der Waals surface area contributed by atoms with Gasteiger partial charge in [-0.2, -0.15) is 0 Å². The highest BCUT2D eigenvalue weighted by molar-refractivity contribution is 5.92. The summed E-state index contributed by atoms with van der Waals surface area (Å²) in [5.41, 5.74) is 2.17. The monoisotopic (exact) mass is 256 g/mol. The van der Waals surface area contributed by atoms with E-state index in [-0.39, 0.29) is 11.6 Å². The molecule has 0 aliphatic carbocycles. The van der Waals surface area contributed by atoms with Crippen LogP contribution in [0.4, 0.5) is 20.2 Å². The van der Waals surface area contributed by atoms with Crippen molar-refractivity contribution in [3.05, 3.63) is 66.4 Å². The Kier molecular flexibility index (Phi) is 2.83.